The predicted molar refractivity (Wildman–Crippen MR) is 179 cm³/mol. The van der Waals surface area contributed by atoms with Gasteiger partial charge in [0, 0.05) is 22.6 Å². The highest BCUT2D eigenvalue weighted by Crippen LogP contribution is 2.42. The summed E-state index contributed by atoms with van der Waals surface area (Å²) in [5.74, 6) is -1.47. The van der Waals surface area contributed by atoms with E-state index in [9.17, 15) is 26.4 Å². The molecule has 7 rings (SSSR count). The third kappa shape index (κ3) is 4.55. The lowest BCUT2D eigenvalue weighted by Gasteiger charge is -2.14. The van der Waals surface area contributed by atoms with E-state index in [1.807, 2.05) is 0 Å². The number of rotatable bonds is 8. The summed E-state index contributed by atoms with van der Waals surface area (Å²) in [6.45, 7) is -0.0258. The van der Waals surface area contributed by atoms with Crippen LogP contribution in [-0.4, -0.2) is 53.4 Å². The van der Waals surface area contributed by atoms with Gasteiger partial charge in [-0.25, -0.2) is 24.8 Å². The zero-order valence-electron chi connectivity index (χ0n) is 23.9. The summed E-state index contributed by atoms with van der Waals surface area (Å²) in [6.07, 6.45) is 0. The molecule has 3 heterocycles. The molecular formula is C34H24BrN3O6S2. The summed E-state index contributed by atoms with van der Waals surface area (Å²) >= 11 is 3.31. The maximum Gasteiger partial charge on any atom is 0.268 e. The second kappa shape index (κ2) is 11.2. The van der Waals surface area contributed by atoms with Crippen molar-refractivity contribution in [2.24, 2.45) is 0 Å². The largest absolute Gasteiger partial charge is 0.273 e. The number of hydrogen-bond donors (Lipinski definition) is 0. The molecule has 1 aliphatic heterocycles. The van der Waals surface area contributed by atoms with Gasteiger partial charge in [0.2, 0.25) is 0 Å². The van der Waals surface area contributed by atoms with Crippen molar-refractivity contribution < 1.29 is 26.4 Å². The molecule has 0 aliphatic carbocycles. The normalized spacial score (nSPS) is 14.2. The molecule has 2 aromatic heterocycles. The van der Waals surface area contributed by atoms with Crippen LogP contribution < -0.4 is 0 Å². The Hall–Kier alpha value is -4.78. The van der Waals surface area contributed by atoms with E-state index in [0.717, 1.165) is 12.8 Å². The second-order valence-electron chi connectivity index (χ2n) is 10.5. The topological polar surface area (TPSA) is 116 Å². The summed E-state index contributed by atoms with van der Waals surface area (Å²) in [5, 5.41) is 1.28. The predicted octanol–water partition coefficient (Wildman–Crippen LogP) is 5.74. The van der Waals surface area contributed by atoms with Crippen molar-refractivity contribution in [2.45, 2.75) is 9.79 Å². The standard InChI is InChI=1S/C34H24BrN3O6S2/c35-19-20-36-33(39)31(29-21-23-11-7-9-17-27(23)37(29)45(41,42)25-13-3-1-4-14-25)32(34(36)40)30-22-24-12-8-10-18-28(24)38(30)46(43,44)26-15-5-2-6-16-26/h1-18,21-22H,19-20H2. The van der Waals surface area contributed by atoms with Gasteiger partial charge in [0.05, 0.1) is 43.4 Å². The first kappa shape index (κ1) is 29.9. The molecule has 12 heteroatoms. The Morgan fingerprint density at radius 1 is 0.522 bits per heavy atom. The molecular weight excluding hydrogens is 690 g/mol. The van der Waals surface area contributed by atoms with E-state index in [2.05, 4.69) is 15.9 Å². The van der Waals surface area contributed by atoms with E-state index in [1.165, 1.54) is 24.3 Å². The Morgan fingerprint density at radius 2 is 0.891 bits per heavy atom. The van der Waals surface area contributed by atoms with Gasteiger partial charge in [0.1, 0.15) is 0 Å². The average Bonchev–Trinajstić information content (AvgIpc) is 3.72. The van der Waals surface area contributed by atoms with Gasteiger partial charge in [-0.3, -0.25) is 14.5 Å². The molecule has 0 saturated carbocycles. The molecule has 230 valence electrons. The maximum atomic E-state index is 14.3. The molecule has 0 radical (unpaired) electrons. The fraction of sp³-hybridized carbons (Fsp3) is 0.0588. The monoisotopic (exact) mass is 713 g/mol. The van der Waals surface area contributed by atoms with Gasteiger partial charge in [0.25, 0.3) is 31.9 Å². The molecule has 0 N–H and O–H groups in total. The fourth-order valence-electron chi connectivity index (χ4n) is 5.86. The quantitative estimate of drug-likeness (QED) is 0.147. The lowest BCUT2D eigenvalue weighted by Crippen LogP contribution is -2.33. The number of nitrogens with zero attached hydrogens (tertiary/aromatic N) is 3. The number of fused-ring (bicyclic) bond motifs is 2. The van der Waals surface area contributed by atoms with Crippen LogP contribution in [0.15, 0.2) is 131 Å². The van der Waals surface area contributed by atoms with E-state index in [1.54, 1.807) is 97.1 Å². The molecule has 46 heavy (non-hydrogen) atoms. The third-order valence-corrected chi connectivity index (χ3v) is 11.7. The van der Waals surface area contributed by atoms with Crippen molar-refractivity contribution in [1.29, 1.82) is 0 Å². The van der Waals surface area contributed by atoms with Crippen LogP contribution in [0.4, 0.5) is 0 Å². The number of halogens is 1. The Morgan fingerprint density at radius 3 is 1.28 bits per heavy atom. The number of amides is 2. The van der Waals surface area contributed by atoms with E-state index in [4.69, 9.17) is 0 Å². The summed E-state index contributed by atoms with van der Waals surface area (Å²) in [5.41, 5.74) is 0.0615. The van der Waals surface area contributed by atoms with Crippen molar-refractivity contribution in [3.05, 3.63) is 133 Å². The molecule has 4 aromatic carbocycles. The summed E-state index contributed by atoms with van der Waals surface area (Å²) < 4.78 is 59.3. The highest BCUT2D eigenvalue weighted by molar-refractivity contribution is 9.09. The van der Waals surface area contributed by atoms with E-state index < -0.39 is 31.9 Å². The zero-order chi connectivity index (χ0) is 32.2. The minimum atomic E-state index is -4.31. The van der Waals surface area contributed by atoms with Crippen LogP contribution in [0.1, 0.15) is 11.4 Å². The van der Waals surface area contributed by atoms with Crippen LogP contribution >= 0.6 is 15.9 Å². The molecule has 0 atom stereocenters. The summed E-state index contributed by atoms with van der Waals surface area (Å²) in [4.78, 5) is 29.5. The number of alkyl halides is 1. The number of benzene rings is 4. The lowest BCUT2D eigenvalue weighted by molar-refractivity contribution is -0.135. The first-order valence-electron chi connectivity index (χ1n) is 14.2. The third-order valence-electron chi connectivity index (χ3n) is 7.88. The molecule has 6 aromatic rings. The van der Waals surface area contributed by atoms with Gasteiger partial charge >= 0.3 is 0 Å². The number of carbonyl (C=O) groups is 2. The lowest BCUT2D eigenvalue weighted by atomic mass is 10.0. The number of aromatic nitrogens is 2. The molecule has 0 fully saturated rings. The van der Waals surface area contributed by atoms with E-state index >= 15 is 0 Å². The van der Waals surface area contributed by atoms with Crippen molar-refractivity contribution in [2.75, 3.05) is 11.9 Å². The fourth-order valence-corrected chi connectivity index (χ4v) is 9.30. The van der Waals surface area contributed by atoms with Crippen LogP contribution in [0.25, 0.3) is 33.0 Å². The zero-order valence-corrected chi connectivity index (χ0v) is 27.2. The van der Waals surface area contributed by atoms with Crippen LogP contribution in [0.5, 0.6) is 0 Å². The highest BCUT2D eigenvalue weighted by Gasteiger charge is 2.44. The Balaban J connectivity index is 1.62. The Labute approximate surface area is 273 Å². The Kier molecular flexibility index (Phi) is 7.30. The van der Waals surface area contributed by atoms with Crippen LogP contribution in [0, 0.1) is 0 Å². The molecule has 2 amide bonds. The van der Waals surface area contributed by atoms with Crippen LogP contribution in [0.2, 0.25) is 0 Å². The summed E-state index contributed by atoms with van der Waals surface area (Å²) in [7, 11) is -8.61. The number of carbonyl (C=O) groups excluding carboxylic acids is 2. The van der Waals surface area contributed by atoms with Crippen molar-refractivity contribution in [3.8, 4) is 0 Å². The van der Waals surface area contributed by atoms with Gasteiger partial charge in [0.15, 0.2) is 0 Å². The maximum absolute atomic E-state index is 14.3. The molecule has 0 unspecified atom stereocenters. The minimum absolute atomic E-state index is 0.0189. The SMILES string of the molecule is O=C1C(c2cc3ccccc3n2S(=O)(=O)c2ccccc2)=C(c2cc3ccccc3n2S(=O)(=O)c2ccccc2)C(=O)N1CCBr. The van der Waals surface area contributed by atoms with Crippen molar-refractivity contribution >= 4 is 80.7 Å². The molecule has 9 nitrogen and oxygen atoms in total. The summed E-state index contributed by atoms with van der Waals surface area (Å²) in [6, 6.07) is 32.2. The van der Waals surface area contributed by atoms with Gasteiger partial charge < -0.3 is 0 Å². The smallest absolute Gasteiger partial charge is 0.268 e. The number of para-hydroxylation sites is 2. The highest BCUT2D eigenvalue weighted by atomic mass is 79.9. The molecule has 0 saturated heterocycles. The minimum Gasteiger partial charge on any atom is -0.273 e. The van der Waals surface area contributed by atoms with Gasteiger partial charge in [-0.2, -0.15) is 0 Å². The van der Waals surface area contributed by atoms with Crippen LogP contribution in [0.3, 0.4) is 0 Å². The van der Waals surface area contributed by atoms with Crippen molar-refractivity contribution in [1.82, 2.24) is 12.8 Å². The van der Waals surface area contributed by atoms with E-state index in [0.29, 0.717) is 21.8 Å². The first-order valence-corrected chi connectivity index (χ1v) is 18.2. The number of imide groups is 1. The Bertz CT molecular complexity index is 2280. The molecule has 0 spiro atoms. The van der Waals surface area contributed by atoms with Crippen LogP contribution in [-0.2, 0) is 29.6 Å². The van der Waals surface area contributed by atoms with Gasteiger partial charge in [-0.15, -0.1) is 0 Å². The van der Waals surface area contributed by atoms with E-state index in [-0.39, 0.29) is 44.2 Å². The van der Waals surface area contributed by atoms with Crippen molar-refractivity contribution in [3.63, 3.8) is 0 Å². The van der Waals surface area contributed by atoms with Gasteiger partial charge in [-0.05, 0) is 48.5 Å². The molecule has 0 bridgehead atoms. The van der Waals surface area contributed by atoms with Gasteiger partial charge in [-0.1, -0.05) is 88.7 Å². The average molecular weight is 715 g/mol. The second-order valence-corrected chi connectivity index (χ2v) is 14.9. The number of hydrogen-bond acceptors (Lipinski definition) is 6. The molecule has 1 aliphatic rings. The first-order chi connectivity index (χ1) is 22.2.